The first-order chi connectivity index (χ1) is 7.09. The Morgan fingerprint density at radius 2 is 2.20 bits per heavy atom. The van der Waals surface area contributed by atoms with Crippen LogP contribution >= 0.6 is 0 Å². The number of carbonyl (C=O) groups is 1. The number of H-pyrrole nitrogens is 1. The second-order valence-corrected chi connectivity index (χ2v) is 3.15. The van der Waals surface area contributed by atoms with Crippen molar-refractivity contribution >= 4 is 16.7 Å². The third kappa shape index (κ3) is 1.52. The van der Waals surface area contributed by atoms with Crippen LogP contribution in [0.15, 0.2) is 23.0 Å². The van der Waals surface area contributed by atoms with Gasteiger partial charge in [0.15, 0.2) is 11.5 Å². The first-order valence-corrected chi connectivity index (χ1v) is 4.28. The molecule has 4 nitrogen and oxygen atoms in total. The molecule has 0 spiro atoms. The molecule has 0 amide bonds. The van der Waals surface area contributed by atoms with Gasteiger partial charge in [-0.1, -0.05) is 0 Å². The molecule has 2 rings (SSSR count). The van der Waals surface area contributed by atoms with Crippen LogP contribution < -0.4 is 5.43 Å². The molecule has 2 aromatic rings. The van der Waals surface area contributed by atoms with Crippen LogP contribution in [0.3, 0.4) is 0 Å². The fraction of sp³-hybridized carbons (Fsp3) is 0.100. The van der Waals surface area contributed by atoms with Gasteiger partial charge in [-0.15, -0.1) is 0 Å². The van der Waals surface area contributed by atoms with Crippen LogP contribution in [-0.2, 0) is 0 Å². The highest BCUT2D eigenvalue weighted by Crippen LogP contribution is 2.08. The highest BCUT2D eigenvalue weighted by Gasteiger charge is 2.10. The van der Waals surface area contributed by atoms with Crippen LogP contribution in [0.5, 0.6) is 0 Å². The van der Waals surface area contributed by atoms with Gasteiger partial charge in [-0.2, -0.15) is 5.10 Å². The van der Waals surface area contributed by atoms with E-state index in [-0.39, 0.29) is 11.1 Å². The zero-order valence-corrected chi connectivity index (χ0v) is 7.87. The lowest BCUT2D eigenvalue weighted by Gasteiger charge is -1.98. The number of hydrogen-bond acceptors (Lipinski definition) is 3. The monoisotopic (exact) mass is 206 g/mol. The van der Waals surface area contributed by atoms with Crippen molar-refractivity contribution < 1.29 is 9.18 Å². The molecule has 0 aliphatic rings. The number of nitrogens with zero attached hydrogens (tertiary/aromatic N) is 1. The number of rotatable bonds is 1. The van der Waals surface area contributed by atoms with Crippen LogP contribution in [-0.4, -0.2) is 16.0 Å². The Morgan fingerprint density at radius 1 is 1.47 bits per heavy atom. The summed E-state index contributed by atoms with van der Waals surface area (Å²) in [6.07, 6.45) is 0. The number of Topliss-reactive ketones (excluding diaryl/α,β-unsaturated/α-hetero) is 1. The van der Waals surface area contributed by atoms with Gasteiger partial charge in [0.25, 0.3) is 0 Å². The van der Waals surface area contributed by atoms with Crippen molar-refractivity contribution in [1.82, 2.24) is 10.2 Å². The van der Waals surface area contributed by atoms with E-state index in [1.54, 1.807) is 0 Å². The molecule has 0 saturated carbocycles. The van der Waals surface area contributed by atoms with Gasteiger partial charge in [0.05, 0.1) is 10.9 Å². The number of aromatic nitrogens is 2. The summed E-state index contributed by atoms with van der Waals surface area (Å²) in [5.74, 6) is -0.962. The average Bonchev–Trinajstić information content (AvgIpc) is 2.19. The second kappa shape index (κ2) is 3.27. The number of carbonyl (C=O) groups excluding carboxylic acids is 1. The minimum absolute atomic E-state index is 0.134. The lowest BCUT2D eigenvalue weighted by Crippen LogP contribution is -2.17. The maximum atomic E-state index is 12.9. The molecule has 0 aliphatic carbocycles. The standard InChI is InChI=1S/C10H7FN2O2/c1-5(14)9-10(15)7-4-6(11)2-3-8(7)12-13-9/h2-4H,1H3,(H,12,15). The van der Waals surface area contributed by atoms with E-state index in [1.165, 1.54) is 19.1 Å². The molecule has 1 heterocycles. The van der Waals surface area contributed by atoms with Crippen molar-refractivity contribution in [3.8, 4) is 0 Å². The van der Waals surface area contributed by atoms with E-state index < -0.39 is 17.0 Å². The lowest BCUT2D eigenvalue weighted by molar-refractivity contribution is 0.101. The third-order valence-corrected chi connectivity index (χ3v) is 2.06. The number of benzene rings is 1. The molecule has 0 bridgehead atoms. The molecular weight excluding hydrogens is 199 g/mol. The Labute approximate surface area is 83.7 Å². The largest absolute Gasteiger partial charge is 0.293 e. The second-order valence-electron chi connectivity index (χ2n) is 3.15. The number of hydrogen-bond donors (Lipinski definition) is 1. The zero-order chi connectivity index (χ0) is 11.0. The molecule has 0 fully saturated rings. The number of nitrogens with one attached hydrogen (secondary N) is 1. The van der Waals surface area contributed by atoms with Gasteiger partial charge in [-0.05, 0) is 18.2 Å². The van der Waals surface area contributed by atoms with Crippen molar-refractivity contribution in [3.63, 3.8) is 0 Å². The molecule has 0 atom stereocenters. The molecular formula is C10H7FN2O2. The summed E-state index contributed by atoms with van der Waals surface area (Å²) < 4.78 is 12.9. The zero-order valence-electron chi connectivity index (χ0n) is 7.87. The molecule has 1 aromatic carbocycles. The average molecular weight is 206 g/mol. The number of aromatic amines is 1. The molecule has 1 N–H and O–H groups in total. The fourth-order valence-electron chi connectivity index (χ4n) is 1.33. The molecule has 1 aromatic heterocycles. The van der Waals surface area contributed by atoms with Gasteiger partial charge in [0.1, 0.15) is 5.82 Å². The Hall–Kier alpha value is -2.04. The molecule has 0 saturated heterocycles. The number of halogens is 1. The highest BCUT2D eigenvalue weighted by molar-refractivity contribution is 5.94. The summed E-state index contributed by atoms with van der Waals surface area (Å²) in [6.45, 7) is 1.24. The maximum Gasteiger partial charge on any atom is 0.219 e. The van der Waals surface area contributed by atoms with Gasteiger partial charge < -0.3 is 0 Å². The first kappa shape index (κ1) is 9.51. The summed E-state index contributed by atoms with van der Waals surface area (Å²) in [4.78, 5) is 22.7. The van der Waals surface area contributed by atoms with Crippen molar-refractivity contribution in [2.45, 2.75) is 6.92 Å². The summed E-state index contributed by atoms with van der Waals surface area (Å²) in [5.41, 5.74) is -0.338. The van der Waals surface area contributed by atoms with E-state index in [4.69, 9.17) is 0 Å². The first-order valence-electron chi connectivity index (χ1n) is 4.28. The third-order valence-electron chi connectivity index (χ3n) is 2.06. The van der Waals surface area contributed by atoms with E-state index in [9.17, 15) is 14.0 Å². The number of ketones is 1. The number of fused-ring (bicyclic) bond motifs is 1. The van der Waals surface area contributed by atoms with Gasteiger partial charge in [-0.25, -0.2) is 4.39 Å². The van der Waals surface area contributed by atoms with Crippen LogP contribution in [0.1, 0.15) is 17.4 Å². The van der Waals surface area contributed by atoms with Crippen LogP contribution in [0.4, 0.5) is 4.39 Å². The molecule has 0 radical (unpaired) electrons. The SMILES string of the molecule is CC(=O)c1n[nH]c2ccc(F)cc2c1=O. The van der Waals surface area contributed by atoms with Gasteiger partial charge in [0.2, 0.25) is 5.43 Å². The fourth-order valence-corrected chi connectivity index (χ4v) is 1.33. The van der Waals surface area contributed by atoms with Crippen molar-refractivity contribution in [2.24, 2.45) is 0 Å². The van der Waals surface area contributed by atoms with Gasteiger partial charge in [0, 0.05) is 6.92 Å². The van der Waals surface area contributed by atoms with E-state index in [2.05, 4.69) is 10.2 Å². The van der Waals surface area contributed by atoms with Crippen molar-refractivity contribution in [2.75, 3.05) is 0 Å². The topological polar surface area (TPSA) is 62.8 Å². The molecule has 0 aliphatic heterocycles. The Kier molecular flexibility index (Phi) is 2.07. The Balaban J connectivity index is 2.89. The van der Waals surface area contributed by atoms with E-state index in [1.807, 2.05) is 0 Å². The summed E-state index contributed by atoms with van der Waals surface area (Å²) in [5, 5.41) is 6.29. The lowest BCUT2D eigenvalue weighted by atomic mass is 10.2. The van der Waals surface area contributed by atoms with Crippen molar-refractivity contribution in [3.05, 3.63) is 39.9 Å². The summed E-state index contributed by atoms with van der Waals surface area (Å²) in [6, 6.07) is 3.71. The highest BCUT2D eigenvalue weighted by atomic mass is 19.1. The normalized spacial score (nSPS) is 10.5. The molecule has 76 valence electrons. The quantitative estimate of drug-likeness (QED) is 0.714. The van der Waals surface area contributed by atoms with Gasteiger partial charge in [-0.3, -0.25) is 14.7 Å². The van der Waals surface area contributed by atoms with E-state index >= 15 is 0 Å². The minimum Gasteiger partial charge on any atom is -0.293 e. The smallest absolute Gasteiger partial charge is 0.219 e. The molecule has 5 heteroatoms. The van der Waals surface area contributed by atoms with E-state index in [0.717, 1.165) is 6.07 Å². The van der Waals surface area contributed by atoms with Crippen LogP contribution in [0, 0.1) is 5.82 Å². The minimum atomic E-state index is -0.546. The predicted molar refractivity (Wildman–Crippen MR) is 52.3 cm³/mol. The Bertz CT molecular complexity index is 604. The van der Waals surface area contributed by atoms with Gasteiger partial charge >= 0.3 is 0 Å². The van der Waals surface area contributed by atoms with Crippen LogP contribution in [0.25, 0.3) is 10.9 Å². The predicted octanol–water partition coefficient (Wildman–Crippen LogP) is 1.26. The summed E-state index contributed by atoms with van der Waals surface area (Å²) >= 11 is 0. The van der Waals surface area contributed by atoms with E-state index in [0.29, 0.717) is 5.52 Å². The molecule has 0 unspecified atom stereocenters. The van der Waals surface area contributed by atoms with Crippen molar-refractivity contribution in [1.29, 1.82) is 0 Å². The molecule has 15 heavy (non-hydrogen) atoms. The van der Waals surface area contributed by atoms with Crippen LogP contribution in [0.2, 0.25) is 0 Å². The summed E-state index contributed by atoms with van der Waals surface area (Å²) in [7, 11) is 0. The Morgan fingerprint density at radius 3 is 2.87 bits per heavy atom. The maximum absolute atomic E-state index is 12.9.